The van der Waals surface area contributed by atoms with Crippen molar-refractivity contribution in [2.75, 3.05) is 36.6 Å². The van der Waals surface area contributed by atoms with Crippen LogP contribution < -0.4 is 25.0 Å². The van der Waals surface area contributed by atoms with Crippen molar-refractivity contribution in [1.82, 2.24) is 5.43 Å². The smallest absolute Gasteiger partial charge is 0.277 e. The van der Waals surface area contributed by atoms with E-state index < -0.39 is 0 Å². The van der Waals surface area contributed by atoms with Crippen LogP contribution >= 0.6 is 39.5 Å². The summed E-state index contributed by atoms with van der Waals surface area (Å²) in [7, 11) is 0. The van der Waals surface area contributed by atoms with Crippen LogP contribution in [0.1, 0.15) is 22.6 Å². The molecular weight excluding hydrogens is 602 g/mol. The molecule has 1 fully saturated rings. The van der Waals surface area contributed by atoms with Crippen molar-refractivity contribution < 1.29 is 23.8 Å². The van der Waals surface area contributed by atoms with Crippen LogP contribution in [0.2, 0.25) is 0 Å². The molecule has 2 N–H and O–H groups in total. The number of anilines is 1. The molecule has 0 bridgehead atoms. The van der Waals surface area contributed by atoms with Crippen molar-refractivity contribution in [3.63, 3.8) is 0 Å². The summed E-state index contributed by atoms with van der Waals surface area (Å²) in [5.74, 6) is 3.14. The third-order valence-electron chi connectivity index (χ3n) is 5.32. The number of carbonyl (C=O) groups excluding carboxylic acids is 2. The van der Waals surface area contributed by atoms with Crippen LogP contribution in [0, 0.1) is 0 Å². The molecule has 2 amide bonds. The van der Waals surface area contributed by atoms with Gasteiger partial charge in [0.25, 0.3) is 11.8 Å². The van der Waals surface area contributed by atoms with E-state index in [1.807, 2.05) is 72.9 Å². The van der Waals surface area contributed by atoms with Gasteiger partial charge in [-0.3, -0.25) is 9.59 Å². The molecule has 4 rings (SSSR count). The van der Waals surface area contributed by atoms with Gasteiger partial charge in [-0.25, -0.2) is 5.43 Å². The van der Waals surface area contributed by atoms with Gasteiger partial charge in [0.05, 0.1) is 17.4 Å². The molecule has 0 spiro atoms. The number of nitrogens with zero attached hydrogens (tertiary/aromatic N) is 1. The first kappa shape index (κ1) is 28.8. The number of halogens is 1. The number of para-hydroxylation sites is 1. The molecule has 39 heavy (non-hydrogen) atoms. The highest BCUT2D eigenvalue weighted by atomic mass is 79.9. The lowest BCUT2D eigenvalue weighted by molar-refractivity contribution is -0.123. The second-order valence-corrected chi connectivity index (χ2v) is 11.8. The van der Waals surface area contributed by atoms with E-state index in [9.17, 15) is 9.59 Å². The second kappa shape index (κ2) is 14.9. The number of rotatable bonds is 12. The molecule has 8 nitrogen and oxygen atoms in total. The number of hydrogen-bond acceptors (Lipinski definition) is 8. The van der Waals surface area contributed by atoms with E-state index in [0.29, 0.717) is 44.2 Å². The largest absolute Gasteiger partial charge is 0.490 e. The Labute approximate surface area is 244 Å². The lowest BCUT2D eigenvalue weighted by Gasteiger charge is -2.14. The molecule has 0 atom stereocenters. The number of thioether (sulfide) groups is 2. The summed E-state index contributed by atoms with van der Waals surface area (Å²) in [6, 6.07) is 20.4. The Morgan fingerprint density at radius 2 is 1.64 bits per heavy atom. The van der Waals surface area contributed by atoms with Crippen molar-refractivity contribution in [3.05, 3.63) is 82.3 Å². The molecule has 0 aliphatic carbocycles. The fourth-order valence-corrected chi connectivity index (χ4v) is 6.80. The van der Waals surface area contributed by atoms with Gasteiger partial charge in [0, 0.05) is 27.2 Å². The van der Waals surface area contributed by atoms with Gasteiger partial charge in [-0.05, 0) is 64.8 Å². The maximum atomic E-state index is 12.3. The van der Waals surface area contributed by atoms with Gasteiger partial charge in [-0.15, -0.1) is 23.5 Å². The van der Waals surface area contributed by atoms with E-state index in [2.05, 4.69) is 31.8 Å². The minimum Gasteiger partial charge on any atom is -0.490 e. The summed E-state index contributed by atoms with van der Waals surface area (Å²) < 4.78 is 18.1. The fourth-order valence-electron chi connectivity index (χ4n) is 3.52. The normalized spacial score (nSPS) is 13.3. The van der Waals surface area contributed by atoms with Gasteiger partial charge in [-0.2, -0.15) is 5.10 Å². The molecule has 1 heterocycles. The summed E-state index contributed by atoms with van der Waals surface area (Å²) >= 11 is 7.37. The highest BCUT2D eigenvalue weighted by Crippen LogP contribution is 2.45. The van der Waals surface area contributed by atoms with E-state index in [-0.39, 0.29) is 25.0 Å². The van der Waals surface area contributed by atoms with Gasteiger partial charge in [0.1, 0.15) is 5.75 Å². The number of amides is 2. The Balaban J connectivity index is 1.28. The Kier molecular flexibility index (Phi) is 11.0. The Hall–Kier alpha value is -3.15. The van der Waals surface area contributed by atoms with Crippen LogP contribution in [-0.2, 0) is 9.59 Å². The van der Waals surface area contributed by atoms with Crippen LogP contribution in [0.4, 0.5) is 5.69 Å². The summed E-state index contributed by atoms with van der Waals surface area (Å²) in [6.07, 6.45) is 1.49. The van der Waals surface area contributed by atoms with Gasteiger partial charge < -0.3 is 19.5 Å². The van der Waals surface area contributed by atoms with Crippen LogP contribution in [0.15, 0.2) is 76.3 Å². The van der Waals surface area contributed by atoms with Crippen LogP contribution in [0.5, 0.6) is 17.2 Å². The lowest BCUT2D eigenvalue weighted by Crippen LogP contribution is -2.24. The molecule has 0 unspecified atom stereocenters. The zero-order chi connectivity index (χ0) is 27.5. The van der Waals surface area contributed by atoms with E-state index in [1.165, 1.54) is 23.3 Å². The summed E-state index contributed by atoms with van der Waals surface area (Å²) in [5.41, 5.74) is 5.06. The summed E-state index contributed by atoms with van der Waals surface area (Å²) in [5, 5.41) is 6.81. The van der Waals surface area contributed by atoms with E-state index in [4.69, 9.17) is 14.2 Å². The molecule has 1 aliphatic heterocycles. The molecule has 1 aliphatic rings. The molecule has 11 heteroatoms. The first-order chi connectivity index (χ1) is 19.0. The molecule has 3 aromatic carbocycles. The third-order valence-corrected chi connectivity index (χ3v) is 9.11. The fraction of sp³-hybridized carbons (Fsp3) is 0.250. The lowest BCUT2D eigenvalue weighted by atomic mass is 10.2. The molecule has 1 saturated heterocycles. The minimum absolute atomic E-state index is 0.160. The average molecular weight is 631 g/mol. The maximum Gasteiger partial charge on any atom is 0.277 e. The third kappa shape index (κ3) is 8.94. The molecule has 204 valence electrons. The topological polar surface area (TPSA) is 98.2 Å². The van der Waals surface area contributed by atoms with Crippen LogP contribution in [-0.4, -0.2) is 49.4 Å². The quantitative estimate of drug-likeness (QED) is 0.191. The predicted octanol–water partition coefficient (Wildman–Crippen LogP) is 5.87. The number of nitrogens with one attached hydrogen (secondary N) is 2. The minimum atomic E-state index is -0.386. The molecule has 0 radical (unpaired) electrons. The van der Waals surface area contributed by atoms with Gasteiger partial charge in [0.15, 0.2) is 24.7 Å². The Bertz CT molecular complexity index is 1290. The van der Waals surface area contributed by atoms with Crippen molar-refractivity contribution in [2.24, 2.45) is 5.10 Å². The van der Waals surface area contributed by atoms with Crippen molar-refractivity contribution in [3.8, 4) is 17.2 Å². The molecule has 0 aromatic heterocycles. The summed E-state index contributed by atoms with van der Waals surface area (Å²) in [6.45, 7) is 1.90. The first-order valence-electron chi connectivity index (χ1n) is 12.2. The first-order valence-corrected chi connectivity index (χ1v) is 15.1. The second-order valence-electron chi connectivity index (χ2n) is 8.18. The maximum absolute atomic E-state index is 12.3. The van der Waals surface area contributed by atoms with Crippen LogP contribution in [0.3, 0.4) is 0 Å². The van der Waals surface area contributed by atoms with E-state index in [1.54, 1.807) is 24.3 Å². The number of carbonyl (C=O) groups is 2. The van der Waals surface area contributed by atoms with E-state index >= 15 is 0 Å². The monoisotopic (exact) mass is 629 g/mol. The standard InChI is InChI=1S/C28H28BrN3O5S2/c1-2-35-24-14-20(23(29)15-25(24)37-17-26(33)31-21-6-4-3-5-7-21)16-30-32-27(34)18-36-22-10-8-19(9-11-22)28-38-12-13-39-28/h3-11,14-16,28H,2,12-13,17-18H2,1H3,(H,31,33)(H,32,34)/b30-16-. The summed E-state index contributed by atoms with van der Waals surface area (Å²) in [4.78, 5) is 24.5. The zero-order valence-corrected chi connectivity index (χ0v) is 24.4. The Morgan fingerprint density at radius 3 is 2.36 bits per heavy atom. The number of hydrazone groups is 1. The van der Waals surface area contributed by atoms with Crippen molar-refractivity contribution in [1.29, 1.82) is 0 Å². The highest BCUT2D eigenvalue weighted by Gasteiger charge is 2.18. The van der Waals surface area contributed by atoms with Crippen molar-refractivity contribution in [2.45, 2.75) is 11.5 Å². The molecular formula is C28H28BrN3O5S2. The number of benzene rings is 3. The molecule has 3 aromatic rings. The zero-order valence-electron chi connectivity index (χ0n) is 21.2. The number of ether oxygens (including phenoxy) is 3. The predicted molar refractivity (Wildman–Crippen MR) is 161 cm³/mol. The average Bonchev–Trinajstić information content (AvgIpc) is 3.49. The SMILES string of the molecule is CCOc1cc(/C=N\NC(=O)COc2ccc(C3SCCS3)cc2)c(Br)cc1OCC(=O)Nc1ccccc1. The van der Waals surface area contributed by atoms with Crippen LogP contribution in [0.25, 0.3) is 0 Å². The Morgan fingerprint density at radius 1 is 0.949 bits per heavy atom. The molecule has 0 saturated carbocycles. The van der Waals surface area contributed by atoms with Crippen molar-refractivity contribution >= 4 is 63.2 Å². The number of hydrogen-bond donors (Lipinski definition) is 2. The van der Waals surface area contributed by atoms with Gasteiger partial charge in [-0.1, -0.05) is 30.3 Å². The van der Waals surface area contributed by atoms with E-state index in [0.717, 1.165) is 0 Å². The highest BCUT2D eigenvalue weighted by molar-refractivity contribution is 9.10. The van der Waals surface area contributed by atoms with Gasteiger partial charge >= 0.3 is 0 Å². The van der Waals surface area contributed by atoms with Gasteiger partial charge in [0.2, 0.25) is 0 Å².